The smallest absolute Gasteiger partial charge is 0.0597 e. The maximum Gasteiger partial charge on any atom is 0.0597 e. The molecule has 1 heterocycles. The third-order valence-corrected chi connectivity index (χ3v) is 3.72. The Morgan fingerprint density at radius 1 is 1.20 bits per heavy atom. The Morgan fingerprint density at radius 3 is 2.13 bits per heavy atom. The maximum atomic E-state index is 5.85. The van der Waals surface area contributed by atoms with Gasteiger partial charge in [0.25, 0.3) is 0 Å². The second-order valence-electron chi connectivity index (χ2n) is 5.39. The van der Waals surface area contributed by atoms with E-state index in [0.29, 0.717) is 36.0 Å². The lowest BCUT2D eigenvalue weighted by molar-refractivity contribution is 0.0466. The molecule has 5 unspecified atom stereocenters. The van der Waals surface area contributed by atoms with E-state index in [4.69, 9.17) is 10.6 Å². The van der Waals surface area contributed by atoms with Crippen molar-refractivity contribution in [3.05, 3.63) is 0 Å². The Kier molecular flexibility index (Phi) is 4.56. The van der Waals surface area contributed by atoms with Crippen LogP contribution in [0.15, 0.2) is 0 Å². The fourth-order valence-corrected chi connectivity index (χ4v) is 2.83. The second kappa shape index (κ2) is 5.28. The van der Waals surface area contributed by atoms with Gasteiger partial charge in [-0.1, -0.05) is 20.8 Å². The van der Waals surface area contributed by atoms with Crippen molar-refractivity contribution in [1.82, 2.24) is 5.43 Å². The molecule has 0 aromatic rings. The first-order valence-electron chi connectivity index (χ1n) is 6.09. The fraction of sp³-hybridized carbons (Fsp3) is 1.00. The SMILES string of the molecule is CC(C)CC(NN)C1C(C)OC(C)C1C. The first-order chi connectivity index (χ1) is 6.97. The molecule has 0 aromatic heterocycles. The Hall–Kier alpha value is -0.120. The van der Waals surface area contributed by atoms with Crippen molar-refractivity contribution in [2.45, 2.75) is 59.3 Å². The molecule has 5 atom stereocenters. The molecule has 0 radical (unpaired) electrons. The average Bonchev–Trinajstić information content (AvgIpc) is 2.38. The minimum absolute atomic E-state index is 0.315. The van der Waals surface area contributed by atoms with Gasteiger partial charge in [0.1, 0.15) is 0 Å². The number of hydrazine groups is 1. The zero-order valence-corrected chi connectivity index (χ0v) is 10.7. The Balaban J connectivity index is 2.66. The lowest BCUT2D eigenvalue weighted by atomic mass is 9.80. The first kappa shape index (κ1) is 12.9. The van der Waals surface area contributed by atoms with Crippen molar-refractivity contribution in [2.75, 3.05) is 0 Å². The van der Waals surface area contributed by atoms with Gasteiger partial charge in [0.15, 0.2) is 0 Å². The van der Waals surface area contributed by atoms with E-state index in [9.17, 15) is 0 Å². The third kappa shape index (κ3) is 2.92. The molecule has 3 nitrogen and oxygen atoms in total. The number of nitrogens with two attached hydrogens (primary N) is 1. The molecule has 3 N–H and O–H groups in total. The zero-order chi connectivity index (χ0) is 11.6. The van der Waals surface area contributed by atoms with E-state index in [1.54, 1.807) is 0 Å². The molecule has 3 heteroatoms. The van der Waals surface area contributed by atoms with Crippen LogP contribution >= 0.6 is 0 Å². The molecule has 1 aliphatic heterocycles. The molecule has 0 bridgehead atoms. The minimum atomic E-state index is 0.315. The van der Waals surface area contributed by atoms with Crippen LogP contribution in [-0.2, 0) is 4.74 Å². The van der Waals surface area contributed by atoms with Gasteiger partial charge in [-0.3, -0.25) is 11.3 Å². The van der Waals surface area contributed by atoms with Crippen LogP contribution in [0.2, 0.25) is 0 Å². The number of hydrogen-bond donors (Lipinski definition) is 2. The summed E-state index contributed by atoms with van der Waals surface area (Å²) in [5, 5.41) is 0. The fourth-order valence-electron chi connectivity index (χ4n) is 2.83. The van der Waals surface area contributed by atoms with Crippen molar-refractivity contribution in [1.29, 1.82) is 0 Å². The minimum Gasteiger partial charge on any atom is -0.375 e. The van der Waals surface area contributed by atoms with Gasteiger partial charge in [-0.05, 0) is 32.1 Å². The van der Waals surface area contributed by atoms with E-state index >= 15 is 0 Å². The van der Waals surface area contributed by atoms with Crippen LogP contribution in [0, 0.1) is 17.8 Å². The summed E-state index contributed by atoms with van der Waals surface area (Å²) >= 11 is 0. The van der Waals surface area contributed by atoms with Crippen molar-refractivity contribution in [2.24, 2.45) is 23.6 Å². The molecular weight excluding hydrogens is 188 g/mol. The van der Waals surface area contributed by atoms with E-state index in [2.05, 4.69) is 40.0 Å². The molecule has 0 aliphatic carbocycles. The Morgan fingerprint density at radius 2 is 1.80 bits per heavy atom. The number of nitrogens with one attached hydrogen (secondary N) is 1. The van der Waals surface area contributed by atoms with Gasteiger partial charge in [0.2, 0.25) is 0 Å². The molecule has 0 spiro atoms. The normalized spacial score (nSPS) is 38.6. The quantitative estimate of drug-likeness (QED) is 0.555. The molecule has 0 aromatic carbocycles. The largest absolute Gasteiger partial charge is 0.375 e. The highest BCUT2D eigenvalue weighted by molar-refractivity contribution is 4.91. The third-order valence-electron chi connectivity index (χ3n) is 3.72. The van der Waals surface area contributed by atoms with Gasteiger partial charge in [-0.25, -0.2) is 0 Å². The molecular formula is C12H26N2O. The zero-order valence-electron chi connectivity index (χ0n) is 10.7. The lowest BCUT2D eigenvalue weighted by Gasteiger charge is -2.29. The van der Waals surface area contributed by atoms with Gasteiger partial charge in [-0.15, -0.1) is 0 Å². The van der Waals surface area contributed by atoms with E-state index in [1.807, 2.05) is 0 Å². The van der Waals surface area contributed by atoms with Crippen LogP contribution in [0.1, 0.15) is 41.0 Å². The van der Waals surface area contributed by atoms with E-state index < -0.39 is 0 Å². The maximum absolute atomic E-state index is 5.85. The molecule has 0 saturated carbocycles. The second-order valence-corrected chi connectivity index (χ2v) is 5.39. The molecule has 1 aliphatic rings. The monoisotopic (exact) mass is 214 g/mol. The number of ether oxygens (including phenoxy) is 1. The summed E-state index contributed by atoms with van der Waals surface area (Å²) in [6.07, 6.45) is 1.79. The van der Waals surface area contributed by atoms with Crippen molar-refractivity contribution < 1.29 is 4.74 Å². The summed E-state index contributed by atoms with van der Waals surface area (Å²) in [5.41, 5.74) is 2.98. The number of rotatable bonds is 4. The highest BCUT2D eigenvalue weighted by atomic mass is 16.5. The van der Waals surface area contributed by atoms with Crippen LogP contribution in [0.3, 0.4) is 0 Å². The van der Waals surface area contributed by atoms with Gasteiger partial charge >= 0.3 is 0 Å². The molecule has 90 valence electrons. The van der Waals surface area contributed by atoms with Crippen LogP contribution < -0.4 is 11.3 Å². The molecule has 1 rings (SSSR count). The molecule has 0 amide bonds. The topological polar surface area (TPSA) is 47.3 Å². The summed E-state index contributed by atoms with van der Waals surface area (Å²) in [6, 6.07) is 0.375. The predicted octanol–water partition coefficient (Wildman–Crippen LogP) is 1.92. The van der Waals surface area contributed by atoms with Crippen LogP contribution in [-0.4, -0.2) is 18.2 Å². The average molecular weight is 214 g/mol. The predicted molar refractivity (Wildman–Crippen MR) is 63.2 cm³/mol. The van der Waals surface area contributed by atoms with Gasteiger partial charge in [0.05, 0.1) is 12.2 Å². The van der Waals surface area contributed by atoms with E-state index in [0.717, 1.165) is 6.42 Å². The lowest BCUT2D eigenvalue weighted by Crippen LogP contribution is -2.46. The molecule has 15 heavy (non-hydrogen) atoms. The Bertz CT molecular complexity index is 196. The molecule has 1 fully saturated rings. The van der Waals surface area contributed by atoms with Crippen LogP contribution in [0.4, 0.5) is 0 Å². The van der Waals surface area contributed by atoms with Crippen LogP contribution in [0.5, 0.6) is 0 Å². The summed E-state index contributed by atoms with van der Waals surface area (Å²) in [7, 11) is 0. The van der Waals surface area contributed by atoms with Crippen molar-refractivity contribution in [3.8, 4) is 0 Å². The van der Waals surface area contributed by atoms with E-state index in [-0.39, 0.29) is 0 Å². The number of hydrogen-bond acceptors (Lipinski definition) is 3. The summed E-state index contributed by atoms with van der Waals surface area (Å²) in [6.45, 7) is 11.1. The summed E-state index contributed by atoms with van der Waals surface area (Å²) < 4.78 is 5.85. The highest BCUT2D eigenvalue weighted by Gasteiger charge is 2.41. The van der Waals surface area contributed by atoms with Gasteiger partial charge in [-0.2, -0.15) is 0 Å². The van der Waals surface area contributed by atoms with Gasteiger partial charge in [0, 0.05) is 12.0 Å². The standard InChI is InChI=1S/C12H26N2O/c1-7(2)6-11(14-13)12-8(3)9(4)15-10(12)5/h7-12,14H,6,13H2,1-5H3. The van der Waals surface area contributed by atoms with Crippen molar-refractivity contribution in [3.63, 3.8) is 0 Å². The van der Waals surface area contributed by atoms with Crippen LogP contribution in [0.25, 0.3) is 0 Å². The summed E-state index contributed by atoms with van der Waals surface area (Å²) in [5.74, 6) is 7.45. The first-order valence-corrected chi connectivity index (χ1v) is 6.09. The summed E-state index contributed by atoms with van der Waals surface area (Å²) in [4.78, 5) is 0. The highest BCUT2D eigenvalue weighted by Crippen LogP contribution is 2.35. The Labute approximate surface area is 93.7 Å². The van der Waals surface area contributed by atoms with Gasteiger partial charge < -0.3 is 4.74 Å². The van der Waals surface area contributed by atoms with Crippen molar-refractivity contribution >= 4 is 0 Å². The van der Waals surface area contributed by atoms with E-state index in [1.165, 1.54) is 0 Å². The molecule has 1 saturated heterocycles.